The zero-order valence-corrected chi connectivity index (χ0v) is 9.26. The van der Waals surface area contributed by atoms with Gasteiger partial charge < -0.3 is 15.6 Å². The number of phenols is 1. The molecular weight excluding hydrogens is 237 g/mol. The number of nitrogens with two attached hydrogens (primary N) is 1. The quantitative estimate of drug-likeness (QED) is 0.485. The first-order valence-electron chi connectivity index (χ1n) is 5.12. The smallest absolute Gasteiger partial charge is 0.347 e. The predicted octanol–water partition coefficient (Wildman–Crippen LogP) is 2.33. The monoisotopic (exact) mass is 247 g/mol. The Balaban J connectivity index is 2.19. The molecule has 4 nitrogen and oxygen atoms in total. The summed E-state index contributed by atoms with van der Waals surface area (Å²) >= 11 is 0. The first kappa shape index (κ1) is 11.9. The van der Waals surface area contributed by atoms with Crippen molar-refractivity contribution < 1.29 is 19.0 Å². The van der Waals surface area contributed by atoms with E-state index in [-0.39, 0.29) is 17.1 Å². The van der Waals surface area contributed by atoms with E-state index < -0.39 is 11.8 Å². The third kappa shape index (κ3) is 2.57. The zero-order valence-electron chi connectivity index (χ0n) is 9.26. The number of ether oxygens (including phenoxy) is 1. The molecule has 2 aromatic rings. The van der Waals surface area contributed by atoms with Gasteiger partial charge in [-0.15, -0.1) is 0 Å². The second-order valence-electron chi connectivity index (χ2n) is 3.62. The first-order chi connectivity index (χ1) is 8.56. The van der Waals surface area contributed by atoms with Crippen molar-refractivity contribution in [3.05, 3.63) is 53.8 Å². The number of hydrogen-bond donors (Lipinski definition) is 2. The third-order valence-corrected chi connectivity index (χ3v) is 2.27. The van der Waals surface area contributed by atoms with Crippen molar-refractivity contribution in [3.8, 4) is 11.5 Å². The van der Waals surface area contributed by atoms with E-state index in [9.17, 15) is 14.3 Å². The van der Waals surface area contributed by atoms with E-state index in [4.69, 9.17) is 10.5 Å². The van der Waals surface area contributed by atoms with E-state index in [1.165, 1.54) is 42.5 Å². The van der Waals surface area contributed by atoms with Gasteiger partial charge in [0, 0.05) is 11.8 Å². The molecule has 0 fully saturated rings. The van der Waals surface area contributed by atoms with Gasteiger partial charge in [0.25, 0.3) is 0 Å². The van der Waals surface area contributed by atoms with E-state index in [2.05, 4.69) is 0 Å². The van der Waals surface area contributed by atoms with Gasteiger partial charge in [-0.2, -0.15) is 0 Å². The first-order valence-corrected chi connectivity index (χ1v) is 5.12. The van der Waals surface area contributed by atoms with Crippen LogP contribution in [0.15, 0.2) is 42.5 Å². The third-order valence-electron chi connectivity index (χ3n) is 2.27. The van der Waals surface area contributed by atoms with Gasteiger partial charge in [-0.3, -0.25) is 0 Å². The maximum atomic E-state index is 12.7. The number of anilines is 1. The molecule has 18 heavy (non-hydrogen) atoms. The fourth-order valence-corrected chi connectivity index (χ4v) is 1.39. The summed E-state index contributed by atoms with van der Waals surface area (Å²) in [5, 5.41) is 9.54. The molecule has 0 spiro atoms. The Morgan fingerprint density at radius 3 is 2.44 bits per heavy atom. The van der Waals surface area contributed by atoms with E-state index >= 15 is 0 Å². The van der Waals surface area contributed by atoms with Crippen LogP contribution in [0, 0.1) is 5.82 Å². The lowest BCUT2D eigenvalue weighted by molar-refractivity contribution is 0.0731. The summed E-state index contributed by atoms with van der Waals surface area (Å²) in [4.78, 5) is 11.7. The minimum atomic E-state index is -0.737. The van der Waals surface area contributed by atoms with Crippen molar-refractivity contribution in [2.45, 2.75) is 0 Å². The fraction of sp³-hybridized carbons (Fsp3) is 0. The van der Waals surface area contributed by atoms with Gasteiger partial charge in [0.2, 0.25) is 0 Å². The number of esters is 1. The number of aromatic hydroxyl groups is 1. The molecule has 0 heterocycles. The molecule has 0 amide bonds. The van der Waals surface area contributed by atoms with Gasteiger partial charge in [-0.25, -0.2) is 9.18 Å². The summed E-state index contributed by atoms with van der Waals surface area (Å²) in [7, 11) is 0. The Hall–Kier alpha value is -2.56. The lowest BCUT2D eigenvalue weighted by Crippen LogP contribution is -2.08. The molecule has 2 rings (SSSR count). The zero-order chi connectivity index (χ0) is 13.1. The van der Waals surface area contributed by atoms with Gasteiger partial charge in [0.1, 0.15) is 22.9 Å². The highest BCUT2D eigenvalue weighted by Crippen LogP contribution is 2.22. The van der Waals surface area contributed by atoms with Crippen LogP contribution in [0.3, 0.4) is 0 Å². The van der Waals surface area contributed by atoms with Crippen molar-refractivity contribution in [2.24, 2.45) is 0 Å². The molecule has 5 heteroatoms. The fourth-order valence-electron chi connectivity index (χ4n) is 1.39. The van der Waals surface area contributed by atoms with Gasteiger partial charge in [0.05, 0.1) is 0 Å². The molecule has 2 aromatic carbocycles. The number of phenolic OH excluding ortho intramolecular Hbond substituents is 1. The molecule has 0 radical (unpaired) electrons. The molecule has 0 saturated carbocycles. The lowest BCUT2D eigenvalue weighted by Gasteiger charge is -2.06. The molecule has 0 unspecified atom stereocenters. The topological polar surface area (TPSA) is 72.6 Å². The lowest BCUT2D eigenvalue weighted by atomic mass is 10.2. The Bertz CT molecular complexity index is 581. The van der Waals surface area contributed by atoms with Crippen LogP contribution in [-0.2, 0) is 0 Å². The normalized spacial score (nSPS) is 10.1. The maximum absolute atomic E-state index is 12.7. The summed E-state index contributed by atoms with van der Waals surface area (Å²) in [6, 6.07) is 9.07. The summed E-state index contributed by atoms with van der Waals surface area (Å²) in [6.07, 6.45) is 0. The van der Waals surface area contributed by atoms with Crippen LogP contribution in [0.4, 0.5) is 10.1 Å². The molecule has 0 aliphatic rings. The van der Waals surface area contributed by atoms with Crippen molar-refractivity contribution in [1.82, 2.24) is 0 Å². The van der Waals surface area contributed by atoms with E-state index in [0.29, 0.717) is 5.69 Å². The standard InChI is InChI=1S/C13H10FNO3/c14-8-1-4-10(5-2-8)18-13(17)11-6-3-9(15)7-12(11)16/h1-7,16H,15H2. The Morgan fingerprint density at radius 2 is 1.83 bits per heavy atom. The molecule has 92 valence electrons. The number of rotatable bonds is 2. The average molecular weight is 247 g/mol. The second-order valence-corrected chi connectivity index (χ2v) is 3.62. The summed E-state index contributed by atoms with van der Waals surface area (Å²) in [6.45, 7) is 0. The Morgan fingerprint density at radius 1 is 1.17 bits per heavy atom. The van der Waals surface area contributed by atoms with Crippen molar-refractivity contribution in [1.29, 1.82) is 0 Å². The van der Waals surface area contributed by atoms with Crippen LogP contribution in [0.1, 0.15) is 10.4 Å². The second kappa shape index (κ2) is 4.75. The van der Waals surface area contributed by atoms with Crippen LogP contribution in [0.2, 0.25) is 0 Å². The maximum Gasteiger partial charge on any atom is 0.347 e. The van der Waals surface area contributed by atoms with Crippen LogP contribution >= 0.6 is 0 Å². The molecule has 0 aromatic heterocycles. The molecule has 3 N–H and O–H groups in total. The molecular formula is C13H10FNO3. The van der Waals surface area contributed by atoms with E-state index in [0.717, 1.165) is 0 Å². The number of carbonyl (C=O) groups excluding carboxylic acids is 1. The van der Waals surface area contributed by atoms with Gasteiger partial charge in [0.15, 0.2) is 0 Å². The highest BCUT2D eigenvalue weighted by Gasteiger charge is 2.13. The van der Waals surface area contributed by atoms with E-state index in [1.54, 1.807) is 0 Å². The summed E-state index contributed by atoms with van der Waals surface area (Å²) < 4.78 is 17.6. The Labute approximate surface area is 102 Å². The Kier molecular flexibility index (Phi) is 3.14. The van der Waals surface area contributed by atoms with Crippen molar-refractivity contribution in [2.75, 3.05) is 5.73 Å². The minimum Gasteiger partial charge on any atom is -0.507 e. The molecule has 0 bridgehead atoms. The van der Waals surface area contributed by atoms with Gasteiger partial charge in [-0.1, -0.05) is 0 Å². The van der Waals surface area contributed by atoms with Crippen molar-refractivity contribution in [3.63, 3.8) is 0 Å². The number of benzene rings is 2. The van der Waals surface area contributed by atoms with Crippen LogP contribution in [-0.4, -0.2) is 11.1 Å². The van der Waals surface area contributed by atoms with Crippen LogP contribution in [0.25, 0.3) is 0 Å². The highest BCUT2D eigenvalue weighted by atomic mass is 19.1. The van der Waals surface area contributed by atoms with Gasteiger partial charge in [-0.05, 0) is 36.4 Å². The number of nitrogen functional groups attached to an aromatic ring is 1. The number of halogens is 1. The predicted molar refractivity (Wildman–Crippen MR) is 63.9 cm³/mol. The summed E-state index contributed by atoms with van der Waals surface area (Å²) in [5.74, 6) is -1.23. The number of hydrogen-bond acceptors (Lipinski definition) is 4. The van der Waals surface area contributed by atoms with Gasteiger partial charge >= 0.3 is 5.97 Å². The minimum absolute atomic E-state index is 0.00600. The van der Waals surface area contributed by atoms with Crippen molar-refractivity contribution >= 4 is 11.7 Å². The molecule has 0 aliphatic carbocycles. The number of carbonyl (C=O) groups is 1. The van der Waals surface area contributed by atoms with Crippen LogP contribution in [0.5, 0.6) is 11.5 Å². The SMILES string of the molecule is Nc1ccc(C(=O)Oc2ccc(F)cc2)c(O)c1. The molecule has 0 saturated heterocycles. The molecule has 0 aliphatic heterocycles. The largest absolute Gasteiger partial charge is 0.507 e. The highest BCUT2D eigenvalue weighted by molar-refractivity contribution is 5.94. The summed E-state index contributed by atoms with van der Waals surface area (Å²) in [5.41, 5.74) is 5.78. The van der Waals surface area contributed by atoms with E-state index in [1.807, 2.05) is 0 Å². The molecule has 0 atom stereocenters. The average Bonchev–Trinajstić information content (AvgIpc) is 2.32. The van der Waals surface area contributed by atoms with Crippen LogP contribution < -0.4 is 10.5 Å².